The van der Waals surface area contributed by atoms with Gasteiger partial charge < -0.3 is 5.11 Å². The number of hydrogen-bond donors (Lipinski definition) is 1. The lowest BCUT2D eigenvalue weighted by Gasteiger charge is -2.10. The van der Waals surface area contributed by atoms with E-state index in [0.717, 1.165) is 17.1 Å². The molecule has 3 aromatic rings. The highest BCUT2D eigenvalue weighted by Crippen LogP contribution is 2.34. The summed E-state index contributed by atoms with van der Waals surface area (Å²) in [7, 11) is 0. The number of aliphatic hydroxyl groups is 1. The minimum Gasteiger partial charge on any atom is -0.389 e. The standard InChI is InChI=1S/C13H9F6N5O2S/c14-12(15,16)1-2-23-4-6(3-20-23)8-9(13(17,18)19)21-11-24(10(8)26)22-7(5-25)27-11/h3-4,25H,1-2,5H2. The summed E-state index contributed by atoms with van der Waals surface area (Å²) in [5.74, 6) is 0. The molecule has 0 aromatic carbocycles. The number of aliphatic hydroxyl groups excluding tert-OH is 1. The lowest BCUT2D eigenvalue weighted by Crippen LogP contribution is -2.24. The maximum absolute atomic E-state index is 13.4. The van der Waals surface area contributed by atoms with Crippen LogP contribution in [0.3, 0.4) is 0 Å². The largest absolute Gasteiger partial charge is 0.434 e. The van der Waals surface area contributed by atoms with Gasteiger partial charge in [-0.25, -0.2) is 4.98 Å². The molecule has 0 saturated carbocycles. The highest BCUT2D eigenvalue weighted by Gasteiger charge is 2.39. The second-order valence-electron chi connectivity index (χ2n) is 5.34. The van der Waals surface area contributed by atoms with Crippen molar-refractivity contribution in [3.8, 4) is 11.1 Å². The number of alkyl halides is 6. The van der Waals surface area contributed by atoms with Crippen LogP contribution in [0.25, 0.3) is 16.1 Å². The van der Waals surface area contributed by atoms with Gasteiger partial charge in [0.05, 0.1) is 24.8 Å². The van der Waals surface area contributed by atoms with E-state index in [0.29, 0.717) is 15.9 Å². The SMILES string of the molecule is O=c1c(-c2cnn(CCC(F)(F)F)c2)c(C(F)(F)F)nc2sc(CO)nn12. The van der Waals surface area contributed by atoms with Gasteiger partial charge in [0, 0.05) is 18.3 Å². The second-order valence-corrected chi connectivity index (χ2v) is 6.38. The van der Waals surface area contributed by atoms with Crippen molar-refractivity contribution in [1.29, 1.82) is 0 Å². The maximum atomic E-state index is 13.4. The molecular weight excluding hydrogens is 404 g/mol. The monoisotopic (exact) mass is 413 g/mol. The van der Waals surface area contributed by atoms with E-state index < -0.39 is 48.7 Å². The van der Waals surface area contributed by atoms with Gasteiger partial charge in [-0.3, -0.25) is 9.48 Å². The topological polar surface area (TPSA) is 85.3 Å². The first-order chi connectivity index (χ1) is 12.5. The van der Waals surface area contributed by atoms with Gasteiger partial charge >= 0.3 is 12.4 Å². The Morgan fingerprint density at radius 2 is 1.89 bits per heavy atom. The molecule has 27 heavy (non-hydrogen) atoms. The first-order valence-corrected chi connectivity index (χ1v) is 8.01. The van der Waals surface area contributed by atoms with Crippen molar-refractivity contribution < 1.29 is 31.4 Å². The average Bonchev–Trinajstić information content (AvgIpc) is 3.17. The van der Waals surface area contributed by atoms with E-state index in [1.54, 1.807) is 0 Å². The molecule has 14 heteroatoms. The Balaban J connectivity index is 2.14. The zero-order valence-corrected chi connectivity index (χ0v) is 13.9. The van der Waals surface area contributed by atoms with Crippen LogP contribution in [0.4, 0.5) is 26.3 Å². The molecule has 0 aliphatic rings. The molecule has 0 fully saturated rings. The van der Waals surface area contributed by atoms with E-state index in [-0.39, 0.29) is 15.5 Å². The van der Waals surface area contributed by atoms with Gasteiger partial charge in [-0.05, 0) is 0 Å². The van der Waals surface area contributed by atoms with Crippen LogP contribution >= 0.6 is 11.3 Å². The highest BCUT2D eigenvalue weighted by atomic mass is 32.1. The summed E-state index contributed by atoms with van der Waals surface area (Å²) in [5, 5.41) is 16.3. The molecule has 0 radical (unpaired) electrons. The molecular formula is C13H9F6N5O2S. The van der Waals surface area contributed by atoms with Crippen LogP contribution in [-0.4, -0.2) is 35.7 Å². The van der Waals surface area contributed by atoms with Crippen molar-refractivity contribution in [3.63, 3.8) is 0 Å². The minimum absolute atomic E-state index is 0.0225. The van der Waals surface area contributed by atoms with Crippen LogP contribution in [0.5, 0.6) is 0 Å². The molecule has 0 aliphatic carbocycles. The number of aryl methyl sites for hydroxylation is 1. The Morgan fingerprint density at radius 3 is 2.48 bits per heavy atom. The van der Waals surface area contributed by atoms with Crippen LogP contribution in [0, 0.1) is 0 Å². The molecule has 0 aliphatic heterocycles. The average molecular weight is 413 g/mol. The van der Waals surface area contributed by atoms with Gasteiger partial charge in [0.1, 0.15) is 5.01 Å². The van der Waals surface area contributed by atoms with Crippen LogP contribution in [0.2, 0.25) is 0 Å². The van der Waals surface area contributed by atoms with Gasteiger partial charge in [-0.1, -0.05) is 11.3 Å². The van der Waals surface area contributed by atoms with Crippen LogP contribution in [-0.2, 0) is 19.3 Å². The normalized spacial score (nSPS) is 12.9. The number of nitrogens with zero attached hydrogens (tertiary/aromatic N) is 5. The Bertz CT molecular complexity index is 1030. The smallest absolute Gasteiger partial charge is 0.389 e. The summed E-state index contributed by atoms with van der Waals surface area (Å²) in [6, 6.07) is 0. The number of rotatable bonds is 4. The van der Waals surface area contributed by atoms with Crippen molar-refractivity contribution in [2.45, 2.75) is 31.9 Å². The first-order valence-electron chi connectivity index (χ1n) is 7.20. The van der Waals surface area contributed by atoms with Crippen molar-refractivity contribution in [2.24, 2.45) is 0 Å². The van der Waals surface area contributed by atoms with Crippen LogP contribution in [0.15, 0.2) is 17.2 Å². The summed E-state index contributed by atoms with van der Waals surface area (Å²) in [4.78, 5) is 15.6. The van der Waals surface area contributed by atoms with E-state index in [1.165, 1.54) is 0 Å². The van der Waals surface area contributed by atoms with Crippen molar-refractivity contribution in [1.82, 2.24) is 24.4 Å². The molecule has 0 bridgehead atoms. The molecule has 3 rings (SSSR count). The Hall–Kier alpha value is -2.48. The summed E-state index contributed by atoms with van der Waals surface area (Å²) in [6.07, 6.45) is -8.94. The van der Waals surface area contributed by atoms with E-state index in [2.05, 4.69) is 15.2 Å². The van der Waals surface area contributed by atoms with Crippen molar-refractivity contribution in [3.05, 3.63) is 33.4 Å². The van der Waals surface area contributed by atoms with Gasteiger partial charge in [-0.15, -0.1) is 0 Å². The Kier molecular flexibility index (Phi) is 4.71. The number of hydrogen-bond acceptors (Lipinski definition) is 6. The third-order valence-electron chi connectivity index (χ3n) is 3.40. The minimum atomic E-state index is -5.00. The lowest BCUT2D eigenvalue weighted by atomic mass is 10.1. The van der Waals surface area contributed by atoms with E-state index in [1.807, 2.05) is 0 Å². The molecule has 0 atom stereocenters. The predicted octanol–water partition coefficient (Wildman–Crippen LogP) is 2.48. The molecule has 7 nitrogen and oxygen atoms in total. The van der Waals surface area contributed by atoms with E-state index in [4.69, 9.17) is 5.11 Å². The van der Waals surface area contributed by atoms with Crippen LogP contribution in [0.1, 0.15) is 17.1 Å². The van der Waals surface area contributed by atoms with E-state index >= 15 is 0 Å². The predicted molar refractivity (Wildman–Crippen MR) is 80.0 cm³/mol. The van der Waals surface area contributed by atoms with Crippen molar-refractivity contribution in [2.75, 3.05) is 0 Å². The van der Waals surface area contributed by atoms with Gasteiger partial charge in [0.25, 0.3) is 5.56 Å². The molecule has 0 spiro atoms. The highest BCUT2D eigenvalue weighted by molar-refractivity contribution is 7.16. The molecule has 1 N–H and O–H groups in total. The molecule has 3 aromatic heterocycles. The molecule has 0 saturated heterocycles. The summed E-state index contributed by atoms with van der Waals surface area (Å²) in [6.45, 7) is -1.22. The summed E-state index contributed by atoms with van der Waals surface area (Å²) < 4.78 is 78.4. The first kappa shape index (κ1) is 19.3. The molecule has 3 heterocycles. The van der Waals surface area contributed by atoms with E-state index in [9.17, 15) is 31.1 Å². The second kappa shape index (κ2) is 6.60. The third-order valence-corrected chi connectivity index (χ3v) is 4.30. The lowest BCUT2D eigenvalue weighted by molar-refractivity contribution is -0.140. The zero-order valence-electron chi connectivity index (χ0n) is 13.0. The quantitative estimate of drug-likeness (QED) is 0.665. The number of aromatic nitrogens is 5. The fourth-order valence-corrected chi connectivity index (χ4v) is 3.01. The molecule has 0 unspecified atom stereocenters. The van der Waals surface area contributed by atoms with Crippen LogP contribution < -0.4 is 5.56 Å². The van der Waals surface area contributed by atoms with Gasteiger partial charge in [-0.2, -0.15) is 41.1 Å². The van der Waals surface area contributed by atoms with Gasteiger partial charge in [0.15, 0.2) is 5.69 Å². The summed E-state index contributed by atoms with van der Waals surface area (Å²) >= 11 is 0.607. The molecule has 146 valence electrons. The number of halogens is 6. The number of fused-ring (bicyclic) bond motifs is 1. The maximum Gasteiger partial charge on any atom is 0.434 e. The Labute approximate surface area is 149 Å². The third kappa shape index (κ3) is 3.95. The zero-order chi connectivity index (χ0) is 20.0. The van der Waals surface area contributed by atoms with Crippen molar-refractivity contribution >= 4 is 16.3 Å². The van der Waals surface area contributed by atoms with Gasteiger partial charge in [0.2, 0.25) is 4.96 Å². The Morgan fingerprint density at radius 1 is 1.19 bits per heavy atom. The summed E-state index contributed by atoms with van der Waals surface area (Å²) in [5.41, 5.74) is -3.89. The fourth-order valence-electron chi connectivity index (χ4n) is 2.27. The molecule has 0 amide bonds. The fraction of sp³-hybridized carbons (Fsp3) is 0.385.